The number of benzene rings is 2. The fourth-order valence-electron chi connectivity index (χ4n) is 2.45. The number of nitro groups is 1. The third-order valence-electron chi connectivity index (χ3n) is 3.56. The van der Waals surface area contributed by atoms with Crippen molar-refractivity contribution in [1.29, 1.82) is 0 Å². The van der Waals surface area contributed by atoms with Gasteiger partial charge in [0.15, 0.2) is 0 Å². The maximum absolute atomic E-state index is 10.8. The Kier molecular flexibility index (Phi) is 5.06. The standard InChI is InChI=1S/C17H20N2O2/c1-3-17(18-4-2)14-10-8-13(9-11-14)15-6-5-7-16(12-15)19(20)21/h5-12,17-18H,3-4H2,1-2H3. The molecule has 1 unspecified atom stereocenters. The number of rotatable bonds is 6. The summed E-state index contributed by atoms with van der Waals surface area (Å²) >= 11 is 0. The van der Waals surface area contributed by atoms with Crippen LogP contribution in [0.1, 0.15) is 31.9 Å². The Hall–Kier alpha value is -2.20. The Bertz CT molecular complexity index is 608. The van der Waals surface area contributed by atoms with Gasteiger partial charge in [-0.25, -0.2) is 0 Å². The molecule has 0 aromatic heterocycles. The molecule has 0 amide bonds. The van der Waals surface area contributed by atoms with Crippen LogP contribution in [0.4, 0.5) is 5.69 Å². The van der Waals surface area contributed by atoms with Crippen molar-refractivity contribution >= 4 is 5.69 Å². The Morgan fingerprint density at radius 2 is 1.81 bits per heavy atom. The zero-order chi connectivity index (χ0) is 15.2. The van der Waals surface area contributed by atoms with E-state index in [-0.39, 0.29) is 10.6 Å². The molecule has 4 nitrogen and oxygen atoms in total. The number of hydrogen-bond donors (Lipinski definition) is 1. The number of nitrogens with one attached hydrogen (secondary N) is 1. The predicted molar refractivity (Wildman–Crippen MR) is 85.2 cm³/mol. The van der Waals surface area contributed by atoms with Crippen LogP contribution in [0.3, 0.4) is 0 Å². The molecule has 0 fully saturated rings. The summed E-state index contributed by atoms with van der Waals surface area (Å²) in [6, 6.07) is 15.3. The average Bonchev–Trinajstić information content (AvgIpc) is 2.53. The van der Waals surface area contributed by atoms with E-state index in [1.165, 1.54) is 11.6 Å². The summed E-state index contributed by atoms with van der Waals surface area (Å²) in [5.74, 6) is 0. The molecule has 21 heavy (non-hydrogen) atoms. The molecular formula is C17H20N2O2. The molecule has 0 spiro atoms. The van der Waals surface area contributed by atoms with Crippen molar-refractivity contribution in [3.05, 3.63) is 64.2 Å². The van der Waals surface area contributed by atoms with Crippen molar-refractivity contribution in [1.82, 2.24) is 5.32 Å². The van der Waals surface area contributed by atoms with Crippen LogP contribution in [-0.4, -0.2) is 11.5 Å². The van der Waals surface area contributed by atoms with Gasteiger partial charge in [-0.1, -0.05) is 50.2 Å². The number of nitrogens with zero attached hydrogens (tertiary/aromatic N) is 1. The lowest BCUT2D eigenvalue weighted by atomic mass is 9.99. The molecule has 0 aliphatic carbocycles. The Labute approximate surface area is 125 Å². The highest BCUT2D eigenvalue weighted by molar-refractivity contribution is 5.66. The molecule has 110 valence electrons. The van der Waals surface area contributed by atoms with E-state index in [1.807, 2.05) is 18.2 Å². The first-order valence-corrected chi connectivity index (χ1v) is 7.23. The third-order valence-corrected chi connectivity index (χ3v) is 3.56. The van der Waals surface area contributed by atoms with Gasteiger partial charge in [0.1, 0.15) is 0 Å². The van der Waals surface area contributed by atoms with Crippen LogP contribution in [-0.2, 0) is 0 Å². The second-order valence-electron chi connectivity index (χ2n) is 4.95. The van der Waals surface area contributed by atoms with E-state index in [4.69, 9.17) is 0 Å². The summed E-state index contributed by atoms with van der Waals surface area (Å²) in [5.41, 5.74) is 3.23. The summed E-state index contributed by atoms with van der Waals surface area (Å²) in [7, 11) is 0. The molecule has 0 saturated heterocycles. The number of hydrogen-bond acceptors (Lipinski definition) is 3. The molecular weight excluding hydrogens is 264 g/mol. The first-order chi connectivity index (χ1) is 10.2. The van der Waals surface area contributed by atoms with Crippen LogP contribution in [0.2, 0.25) is 0 Å². The normalized spacial score (nSPS) is 12.1. The molecule has 0 aliphatic rings. The Morgan fingerprint density at radius 1 is 1.10 bits per heavy atom. The van der Waals surface area contributed by atoms with Gasteiger partial charge in [0.2, 0.25) is 0 Å². The van der Waals surface area contributed by atoms with Crippen molar-refractivity contribution in [2.45, 2.75) is 26.3 Å². The van der Waals surface area contributed by atoms with Gasteiger partial charge in [-0.05, 0) is 29.7 Å². The second kappa shape index (κ2) is 6.99. The van der Waals surface area contributed by atoms with Gasteiger partial charge in [-0.3, -0.25) is 10.1 Å². The fraction of sp³-hybridized carbons (Fsp3) is 0.294. The third kappa shape index (κ3) is 3.67. The first-order valence-electron chi connectivity index (χ1n) is 7.23. The van der Waals surface area contributed by atoms with Gasteiger partial charge in [-0.15, -0.1) is 0 Å². The largest absolute Gasteiger partial charge is 0.310 e. The van der Waals surface area contributed by atoms with E-state index in [0.717, 1.165) is 24.1 Å². The molecule has 2 rings (SSSR count). The minimum absolute atomic E-state index is 0.121. The highest BCUT2D eigenvalue weighted by Crippen LogP contribution is 2.26. The second-order valence-corrected chi connectivity index (χ2v) is 4.95. The van der Waals surface area contributed by atoms with E-state index < -0.39 is 0 Å². The lowest BCUT2D eigenvalue weighted by Crippen LogP contribution is -2.19. The fourth-order valence-corrected chi connectivity index (χ4v) is 2.45. The van der Waals surface area contributed by atoms with E-state index >= 15 is 0 Å². The molecule has 1 atom stereocenters. The van der Waals surface area contributed by atoms with Crippen LogP contribution in [0, 0.1) is 10.1 Å². The summed E-state index contributed by atoms with van der Waals surface area (Å²) in [5, 5.41) is 14.3. The number of non-ortho nitro benzene ring substituents is 1. The van der Waals surface area contributed by atoms with Gasteiger partial charge in [0, 0.05) is 18.2 Å². The van der Waals surface area contributed by atoms with Gasteiger partial charge in [0.05, 0.1) is 4.92 Å². The van der Waals surface area contributed by atoms with Crippen molar-refractivity contribution in [3.8, 4) is 11.1 Å². The van der Waals surface area contributed by atoms with Crippen LogP contribution < -0.4 is 5.32 Å². The van der Waals surface area contributed by atoms with Gasteiger partial charge < -0.3 is 5.32 Å². The molecule has 2 aromatic rings. The zero-order valence-corrected chi connectivity index (χ0v) is 12.4. The minimum Gasteiger partial charge on any atom is -0.310 e. The Morgan fingerprint density at radius 3 is 2.38 bits per heavy atom. The zero-order valence-electron chi connectivity index (χ0n) is 12.4. The van der Waals surface area contributed by atoms with Gasteiger partial charge >= 0.3 is 0 Å². The smallest absolute Gasteiger partial charge is 0.270 e. The summed E-state index contributed by atoms with van der Waals surface area (Å²) in [6.45, 7) is 5.19. The first kappa shape index (κ1) is 15.2. The summed E-state index contributed by atoms with van der Waals surface area (Å²) in [4.78, 5) is 10.5. The van der Waals surface area contributed by atoms with Crippen molar-refractivity contribution in [2.24, 2.45) is 0 Å². The van der Waals surface area contributed by atoms with Crippen LogP contribution in [0.15, 0.2) is 48.5 Å². The predicted octanol–water partition coefficient (Wildman–Crippen LogP) is 4.32. The van der Waals surface area contributed by atoms with E-state index in [9.17, 15) is 10.1 Å². The van der Waals surface area contributed by atoms with Crippen molar-refractivity contribution < 1.29 is 4.92 Å². The average molecular weight is 284 g/mol. The van der Waals surface area contributed by atoms with E-state index in [0.29, 0.717) is 6.04 Å². The molecule has 2 aromatic carbocycles. The molecule has 0 radical (unpaired) electrons. The topological polar surface area (TPSA) is 55.2 Å². The number of nitro benzene ring substituents is 1. The molecule has 0 aliphatic heterocycles. The Balaban J connectivity index is 2.26. The van der Waals surface area contributed by atoms with E-state index in [1.54, 1.807) is 12.1 Å². The van der Waals surface area contributed by atoms with Gasteiger partial charge in [-0.2, -0.15) is 0 Å². The van der Waals surface area contributed by atoms with E-state index in [2.05, 4.69) is 31.3 Å². The van der Waals surface area contributed by atoms with Crippen LogP contribution in [0.5, 0.6) is 0 Å². The molecule has 4 heteroatoms. The monoisotopic (exact) mass is 284 g/mol. The highest BCUT2D eigenvalue weighted by Gasteiger charge is 2.09. The maximum atomic E-state index is 10.8. The minimum atomic E-state index is -0.365. The summed E-state index contributed by atoms with van der Waals surface area (Å²) in [6.07, 6.45) is 1.03. The molecule has 1 N–H and O–H groups in total. The molecule has 0 heterocycles. The van der Waals surface area contributed by atoms with Crippen molar-refractivity contribution in [3.63, 3.8) is 0 Å². The lowest BCUT2D eigenvalue weighted by molar-refractivity contribution is -0.384. The van der Waals surface area contributed by atoms with Crippen LogP contribution >= 0.6 is 0 Å². The van der Waals surface area contributed by atoms with Crippen molar-refractivity contribution in [2.75, 3.05) is 6.54 Å². The highest BCUT2D eigenvalue weighted by atomic mass is 16.6. The molecule has 0 saturated carbocycles. The lowest BCUT2D eigenvalue weighted by Gasteiger charge is -2.16. The maximum Gasteiger partial charge on any atom is 0.270 e. The van der Waals surface area contributed by atoms with Gasteiger partial charge in [0.25, 0.3) is 5.69 Å². The quantitative estimate of drug-likeness (QED) is 0.634. The summed E-state index contributed by atoms with van der Waals surface area (Å²) < 4.78 is 0. The molecule has 0 bridgehead atoms. The van der Waals surface area contributed by atoms with Crippen LogP contribution in [0.25, 0.3) is 11.1 Å². The SMILES string of the molecule is CCNC(CC)c1ccc(-c2cccc([N+](=O)[O-])c2)cc1.